The van der Waals surface area contributed by atoms with Crippen molar-refractivity contribution in [2.24, 2.45) is 11.3 Å². The van der Waals surface area contributed by atoms with Crippen LogP contribution < -0.4 is 10.1 Å². The lowest BCUT2D eigenvalue weighted by molar-refractivity contribution is 0.0620. The number of carbonyl (C=O) groups is 1. The molecule has 1 aromatic heterocycles. The van der Waals surface area contributed by atoms with Crippen LogP contribution in [0.15, 0.2) is 72.9 Å². The molecule has 3 aliphatic heterocycles. The van der Waals surface area contributed by atoms with E-state index >= 15 is 0 Å². The Balaban J connectivity index is 1.27. The highest BCUT2D eigenvalue weighted by Gasteiger charge is 2.35. The Bertz CT molecular complexity index is 1150. The molecule has 1 N–H and O–H groups in total. The van der Waals surface area contributed by atoms with Gasteiger partial charge in [0.1, 0.15) is 12.4 Å². The number of ether oxygens (including phenoxy) is 1. The van der Waals surface area contributed by atoms with Crippen molar-refractivity contribution in [3.8, 4) is 5.75 Å². The van der Waals surface area contributed by atoms with Gasteiger partial charge in [-0.25, -0.2) is 0 Å². The van der Waals surface area contributed by atoms with Gasteiger partial charge in [0.15, 0.2) is 0 Å². The normalized spacial score (nSPS) is 22.1. The maximum Gasteiger partial charge on any atom is 0.251 e. The molecule has 3 fully saturated rings. The van der Waals surface area contributed by atoms with Crippen LogP contribution in [0.5, 0.6) is 5.75 Å². The Morgan fingerprint density at radius 3 is 2.22 bits per heavy atom. The highest BCUT2D eigenvalue weighted by Crippen LogP contribution is 2.41. The van der Waals surface area contributed by atoms with Gasteiger partial charge in [-0.15, -0.1) is 0 Å². The fourth-order valence-electron chi connectivity index (χ4n) is 5.80. The summed E-state index contributed by atoms with van der Waals surface area (Å²) in [4.78, 5) is 19.8. The van der Waals surface area contributed by atoms with Crippen LogP contribution in [0.25, 0.3) is 0 Å². The van der Waals surface area contributed by atoms with E-state index in [0.717, 1.165) is 23.6 Å². The predicted octanol–water partition coefficient (Wildman–Crippen LogP) is 5.66. The molecule has 2 bridgehead atoms. The van der Waals surface area contributed by atoms with Gasteiger partial charge in [-0.2, -0.15) is 0 Å². The SMILES string of the molecule is CC(C)(C)C(c1ccc(OCc2ccccn2)cc1)c1ccc(C(=O)N[C@H]2CN3CCC2CC3)cc1. The molecule has 0 spiro atoms. The van der Waals surface area contributed by atoms with Crippen molar-refractivity contribution in [2.75, 3.05) is 19.6 Å². The van der Waals surface area contributed by atoms with E-state index in [9.17, 15) is 4.79 Å². The zero-order valence-corrected chi connectivity index (χ0v) is 21.6. The standard InChI is InChI=1S/C31H37N3O2/c1-31(2,3)29(24-11-13-27(14-12-24)36-21-26-6-4-5-17-32-26)23-7-9-25(10-8-23)30(35)33-28-20-34-18-15-22(28)16-19-34/h4-14,17,22,28-29H,15-16,18-21H2,1-3H3,(H,33,35)/t28-,29?/m0/s1. The first kappa shape index (κ1) is 24.5. The topological polar surface area (TPSA) is 54.5 Å². The van der Waals surface area contributed by atoms with Gasteiger partial charge in [-0.1, -0.05) is 51.1 Å². The molecule has 3 aliphatic rings. The van der Waals surface area contributed by atoms with E-state index in [-0.39, 0.29) is 23.3 Å². The van der Waals surface area contributed by atoms with E-state index in [1.165, 1.54) is 37.1 Å². The van der Waals surface area contributed by atoms with Gasteiger partial charge in [-0.05, 0) is 84.8 Å². The number of pyridine rings is 1. The number of amides is 1. The third kappa shape index (κ3) is 5.62. The minimum absolute atomic E-state index is 0.00981. The molecule has 3 aromatic rings. The van der Waals surface area contributed by atoms with Crippen LogP contribution in [0.2, 0.25) is 0 Å². The Hall–Kier alpha value is -3.18. The van der Waals surface area contributed by atoms with E-state index in [1.54, 1.807) is 6.20 Å². The largest absolute Gasteiger partial charge is 0.487 e. The number of nitrogens with one attached hydrogen (secondary N) is 1. The number of hydrogen-bond donors (Lipinski definition) is 1. The van der Waals surface area contributed by atoms with Gasteiger partial charge in [0.05, 0.1) is 5.69 Å². The first-order valence-electron chi connectivity index (χ1n) is 13.1. The molecular weight excluding hydrogens is 446 g/mol. The lowest BCUT2D eigenvalue weighted by Crippen LogP contribution is -2.57. The summed E-state index contributed by atoms with van der Waals surface area (Å²) in [5.74, 6) is 1.69. The number of fused-ring (bicyclic) bond motifs is 3. The zero-order valence-electron chi connectivity index (χ0n) is 21.6. The fourth-order valence-corrected chi connectivity index (χ4v) is 5.80. The first-order chi connectivity index (χ1) is 17.4. The van der Waals surface area contributed by atoms with E-state index in [2.05, 4.69) is 60.2 Å². The van der Waals surface area contributed by atoms with Crippen molar-refractivity contribution >= 4 is 5.91 Å². The second-order valence-electron chi connectivity index (χ2n) is 11.3. The second kappa shape index (κ2) is 10.4. The van der Waals surface area contributed by atoms with Crippen molar-refractivity contribution in [1.82, 2.24) is 15.2 Å². The smallest absolute Gasteiger partial charge is 0.251 e. The molecule has 0 aliphatic carbocycles. The Morgan fingerprint density at radius 1 is 1.00 bits per heavy atom. The lowest BCUT2D eigenvalue weighted by Gasteiger charge is -2.44. The van der Waals surface area contributed by atoms with Crippen molar-refractivity contribution in [2.45, 2.75) is 52.2 Å². The van der Waals surface area contributed by atoms with Crippen molar-refractivity contribution in [3.63, 3.8) is 0 Å². The maximum atomic E-state index is 13.0. The van der Waals surface area contributed by atoms with Crippen molar-refractivity contribution in [3.05, 3.63) is 95.3 Å². The average Bonchev–Trinajstić information content (AvgIpc) is 2.89. The zero-order chi connectivity index (χ0) is 25.1. The summed E-state index contributed by atoms with van der Waals surface area (Å²) in [6, 6.07) is 22.7. The lowest BCUT2D eigenvalue weighted by atomic mass is 9.72. The number of aromatic nitrogens is 1. The minimum atomic E-state index is 0.00981. The Labute approximate surface area is 214 Å². The summed E-state index contributed by atoms with van der Waals surface area (Å²) >= 11 is 0. The number of benzene rings is 2. The summed E-state index contributed by atoms with van der Waals surface area (Å²) in [6.07, 6.45) is 4.18. The summed E-state index contributed by atoms with van der Waals surface area (Å²) in [5, 5.41) is 3.31. The maximum absolute atomic E-state index is 13.0. The second-order valence-corrected chi connectivity index (χ2v) is 11.3. The van der Waals surface area contributed by atoms with E-state index in [1.807, 2.05) is 42.5 Å². The Kier molecular flexibility index (Phi) is 7.10. The van der Waals surface area contributed by atoms with Crippen LogP contribution in [0.3, 0.4) is 0 Å². The molecule has 36 heavy (non-hydrogen) atoms. The molecular formula is C31H37N3O2. The van der Waals surface area contributed by atoms with Crippen LogP contribution >= 0.6 is 0 Å². The number of carbonyl (C=O) groups excluding carboxylic acids is 1. The van der Waals surface area contributed by atoms with Crippen LogP contribution in [-0.4, -0.2) is 41.5 Å². The van der Waals surface area contributed by atoms with Crippen molar-refractivity contribution < 1.29 is 9.53 Å². The molecule has 5 nitrogen and oxygen atoms in total. The molecule has 1 unspecified atom stereocenters. The number of nitrogens with zero attached hydrogens (tertiary/aromatic N) is 2. The summed E-state index contributed by atoms with van der Waals surface area (Å²) in [6.45, 7) is 10.6. The van der Waals surface area contributed by atoms with E-state index in [4.69, 9.17) is 4.74 Å². The Morgan fingerprint density at radius 2 is 1.67 bits per heavy atom. The van der Waals surface area contributed by atoms with Gasteiger partial charge in [0.2, 0.25) is 0 Å². The van der Waals surface area contributed by atoms with Gasteiger partial charge < -0.3 is 15.0 Å². The van der Waals surface area contributed by atoms with Gasteiger partial charge in [0.25, 0.3) is 5.91 Å². The van der Waals surface area contributed by atoms with Gasteiger partial charge in [0, 0.05) is 30.3 Å². The number of piperidine rings is 3. The molecule has 4 heterocycles. The molecule has 6 rings (SSSR count). The molecule has 0 radical (unpaired) electrons. The van der Waals surface area contributed by atoms with Crippen LogP contribution in [0, 0.1) is 11.3 Å². The molecule has 3 saturated heterocycles. The van der Waals surface area contributed by atoms with Gasteiger partial charge in [-0.3, -0.25) is 9.78 Å². The number of rotatable bonds is 7. The fraction of sp³-hybridized carbons (Fsp3) is 0.419. The van der Waals surface area contributed by atoms with Crippen LogP contribution in [-0.2, 0) is 6.61 Å². The quantitative estimate of drug-likeness (QED) is 0.471. The summed E-state index contributed by atoms with van der Waals surface area (Å²) in [5.41, 5.74) is 4.10. The highest BCUT2D eigenvalue weighted by atomic mass is 16.5. The van der Waals surface area contributed by atoms with Gasteiger partial charge >= 0.3 is 0 Å². The summed E-state index contributed by atoms with van der Waals surface area (Å²) < 4.78 is 5.93. The third-order valence-electron chi connectivity index (χ3n) is 7.67. The molecule has 2 atom stereocenters. The van der Waals surface area contributed by atoms with E-state index in [0.29, 0.717) is 12.5 Å². The highest BCUT2D eigenvalue weighted by molar-refractivity contribution is 5.94. The minimum Gasteiger partial charge on any atom is -0.487 e. The third-order valence-corrected chi connectivity index (χ3v) is 7.67. The summed E-state index contributed by atoms with van der Waals surface area (Å²) in [7, 11) is 0. The van der Waals surface area contributed by atoms with E-state index < -0.39 is 0 Å². The van der Waals surface area contributed by atoms with Crippen LogP contribution in [0.1, 0.15) is 66.7 Å². The molecule has 5 heteroatoms. The number of hydrogen-bond acceptors (Lipinski definition) is 4. The molecule has 188 valence electrons. The monoisotopic (exact) mass is 483 g/mol. The average molecular weight is 484 g/mol. The molecule has 2 aromatic carbocycles. The molecule has 0 saturated carbocycles. The van der Waals surface area contributed by atoms with Crippen molar-refractivity contribution in [1.29, 1.82) is 0 Å². The molecule has 1 amide bonds. The first-order valence-corrected chi connectivity index (χ1v) is 13.1. The predicted molar refractivity (Wildman–Crippen MR) is 143 cm³/mol. The van der Waals surface area contributed by atoms with Crippen LogP contribution in [0.4, 0.5) is 0 Å².